The van der Waals surface area contributed by atoms with Crippen molar-refractivity contribution >= 4 is 47.5 Å². The zero-order chi connectivity index (χ0) is 28.8. The number of hydrogen-bond donors (Lipinski definition) is 0. The van der Waals surface area contributed by atoms with Gasteiger partial charge < -0.3 is 33.5 Å². The molecule has 0 aliphatic carbocycles. The molecule has 0 fully saturated rings. The molecule has 1 unspecified atom stereocenters. The number of unbranched alkanes of at least 4 members (excludes halogenated alkanes) is 1. The number of halogens is 1. The number of ether oxygens (including phenoxy) is 5. The van der Waals surface area contributed by atoms with Crippen LogP contribution in [0, 0.1) is 0 Å². The zero-order valence-electron chi connectivity index (χ0n) is 24.3. The van der Waals surface area contributed by atoms with Crippen LogP contribution in [0.2, 0.25) is 0 Å². The molecule has 3 aromatic rings. The molecule has 2 aliphatic rings. The molecule has 1 atom stereocenters. The molecule has 0 radical (unpaired) electrons. The Labute approximate surface area is 262 Å². The summed E-state index contributed by atoms with van der Waals surface area (Å²) in [7, 11) is 5.57. The standard InChI is InChI=1S/C31H36N2O6S2.ClH/c1-32(16-18-36-23-12-14-27-28(20-23)39-21-38-27)15-7-8-17-37-26-13-11-22(35-3)19-24(26)31(40-4)30(34)33(2)25-9-5-6-10-29(25)41-31;/h5-6,9-14,19-20H,7-8,15-18,21H2,1-4H3;1H. The van der Waals surface area contributed by atoms with E-state index in [0.29, 0.717) is 24.7 Å². The Balaban J connectivity index is 0.00000405. The van der Waals surface area contributed by atoms with E-state index in [9.17, 15) is 4.79 Å². The smallest absolute Gasteiger partial charge is 0.258 e. The van der Waals surface area contributed by atoms with Crippen molar-refractivity contribution in [3.05, 3.63) is 66.2 Å². The van der Waals surface area contributed by atoms with Gasteiger partial charge in [0.05, 0.1) is 19.4 Å². The van der Waals surface area contributed by atoms with E-state index in [2.05, 4.69) is 18.0 Å². The Morgan fingerprint density at radius 3 is 2.57 bits per heavy atom. The summed E-state index contributed by atoms with van der Waals surface area (Å²) < 4.78 is 27.6. The van der Waals surface area contributed by atoms with Crippen molar-refractivity contribution in [3.63, 3.8) is 0 Å². The number of thioether (sulfide) groups is 2. The lowest BCUT2D eigenvalue weighted by Crippen LogP contribution is -2.44. The highest BCUT2D eigenvalue weighted by Crippen LogP contribution is 2.58. The molecule has 226 valence electrons. The molecule has 2 aliphatic heterocycles. The molecule has 11 heteroatoms. The second-order valence-electron chi connectivity index (χ2n) is 9.84. The zero-order valence-corrected chi connectivity index (χ0v) is 26.7. The van der Waals surface area contributed by atoms with Gasteiger partial charge in [0.15, 0.2) is 15.6 Å². The van der Waals surface area contributed by atoms with Crippen molar-refractivity contribution in [2.45, 2.75) is 21.8 Å². The minimum absolute atomic E-state index is 0. The number of nitrogens with zero attached hydrogens (tertiary/aromatic N) is 2. The third kappa shape index (κ3) is 6.83. The van der Waals surface area contributed by atoms with Crippen LogP contribution < -0.4 is 28.6 Å². The summed E-state index contributed by atoms with van der Waals surface area (Å²) in [6, 6.07) is 19.4. The normalized spacial score (nSPS) is 17.1. The van der Waals surface area contributed by atoms with Gasteiger partial charge in [-0.15, -0.1) is 24.2 Å². The van der Waals surface area contributed by atoms with Crippen molar-refractivity contribution in [3.8, 4) is 28.7 Å². The van der Waals surface area contributed by atoms with Crippen LogP contribution in [-0.4, -0.2) is 71.4 Å². The van der Waals surface area contributed by atoms with Crippen molar-refractivity contribution < 1.29 is 28.5 Å². The molecule has 3 aromatic carbocycles. The van der Waals surface area contributed by atoms with E-state index >= 15 is 0 Å². The van der Waals surface area contributed by atoms with Crippen LogP contribution >= 0.6 is 35.9 Å². The highest BCUT2D eigenvalue weighted by Gasteiger charge is 2.49. The molecule has 0 aromatic heterocycles. The van der Waals surface area contributed by atoms with Gasteiger partial charge in [0.1, 0.15) is 23.9 Å². The van der Waals surface area contributed by atoms with Crippen molar-refractivity contribution in [1.29, 1.82) is 0 Å². The molecule has 0 spiro atoms. The van der Waals surface area contributed by atoms with Crippen LogP contribution in [0.4, 0.5) is 5.69 Å². The number of likely N-dealkylation sites (N-methyl/N-ethyl adjacent to an activating group) is 2. The summed E-state index contributed by atoms with van der Waals surface area (Å²) in [5.74, 6) is 3.67. The minimum atomic E-state index is -0.884. The summed E-state index contributed by atoms with van der Waals surface area (Å²) in [4.78, 5) is 18.9. The van der Waals surface area contributed by atoms with Crippen LogP contribution in [0.5, 0.6) is 28.7 Å². The van der Waals surface area contributed by atoms with Gasteiger partial charge in [-0.1, -0.05) is 23.9 Å². The quantitative estimate of drug-likeness (QED) is 0.202. The highest BCUT2D eigenvalue weighted by molar-refractivity contribution is 8.18. The first-order chi connectivity index (χ1) is 19.9. The van der Waals surface area contributed by atoms with Crippen molar-refractivity contribution in [1.82, 2.24) is 4.90 Å². The van der Waals surface area contributed by atoms with Crippen LogP contribution in [0.15, 0.2) is 65.6 Å². The van der Waals surface area contributed by atoms with Gasteiger partial charge in [0, 0.05) is 30.1 Å². The topological polar surface area (TPSA) is 69.7 Å². The first kappa shape index (κ1) is 32.0. The highest BCUT2D eigenvalue weighted by atomic mass is 35.5. The van der Waals surface area contributed by atoms with Gasteiger partial charge in [-0.25, -0.2) is 0 Å². The monoisotopic (exact) mass is 632 g/mol. The molecule has 1 amide bonds. The molecule has 42 heavy (non-hydrogen) atoms. The van der Waals surface area contributed by atoms with Gasteiger partial charge in [-0.3, -0.25) is 4.79 Å². The lowest BCUT2D eigenvalue weighted by Gasteiger charge is -2.40. The summed E-state index contributed by atoms with van der Waals surface area (Å²) in [5.41, 5.74) is 1.74. The number of carbonyl (C=O) groups is 1. The number of methoxy groups -OCH3 is 1. The molecule has 0 bridgehead atoms. The number of fused-ring (bicyclic) bond motifs is 2. The van der Waals surface area contributed by atoms with Crippen molar-refractivity contribution in [2.24, 2.45) is 0 Å². The number of anilines is 1. The predicted octanol–water partition coefficient (Wildman–Crippen LogP) is 6.30. The first-order valence-electron chi connectivity index (χ1n) is 13.6. The van der Waals surface area contributed by atoms with Gasteiger partial charge in [-0.2, -0.15) is 0 Å². The number of para-hydroxylation sites is 1. The van der Waals surface area contributed by atoms with Crippen molar-refractivity contribution in [2.75, 3.05) is 65.5 Å². The molecule has 0 N–H and O–H groups in total. The van der Waals surface area contributed by atoms with Crippen LogP contribution in [-0.2, 0) is 8.87 Å². The van der Waals surface area contributed by atoms with E-state index in [0.717, 1.165) is 59.3 Å². The fourth-order valence-corrected chi connectivity index (χ4v) is 7.39. The maximum atomic E-state index is 13.8. The maximum Gasteiger partial charge on any atom is 0.258 e. The fourth-order valence-electron chi connectivity index (χ4n) is 4.84. The van der Waals surface area contributed by atoms with Gasteiger partial charge in [-0.05, 0) is 75.2 Å². The lowest BCUT2D eigenvalue weighted by molar-refractivity contribution is -0.118. The first-order valence-corrected chi connectivity index (χ1v) is 15.6. The summed E-state index contributed by atoms with van der Waals surface area (Å²) in [6.07, 6.45) is 3.83. The minimum Gasteiger partial charge on any atom is -0.497 e. The van der Waals surface area contributed by atoms with Gasteiger partial charge in [0.25, 0.3) is 5.91 Å². The number of rotatable bonds is 13. The number of benzene rings is 3. The largest absolute Gasteiger partial charge is 0.497 e. The molecule has 5 rings (SSSR count). The molecule has 0 saturated carbocycles. The summed E-state index contributed by atoms with van der Waals surface area (Å²) in [5, 5.41) is 0. The van der Waals surface area contributed by atoms with E-state index in [1.54, 1.807) is 23.8 Å². The van der Waals surface area contributed by atoms with E-state index < -0.39 is 4.08 Å². The second kappa shape index (κ2) is 14.5. The third-order valence-electron chi connectivity index (χ3n) is 7.17. The van der Waals surface area contributed by atoms with Crippen LogP contribution in [0.1, 0.15) is 18.4 Å². The van der Waals surface area contributed by atoms with Gasteiger partial charge >= 0.3 is 0 Å². The lowest BCUT2D eigenvalue weighted by atomic mass is 10.1. The molecule has 0 saturated heterocycles. The Hall–Kier alpha value is -2.92. The Morgan fingerprint density at radius 1 is 0.976 bits per heavy atom. The number of carbonyl (C=O) groups excluding carboxylic acids is 1. The van der Waals surface area contributed by atoms with Gasteiger partial charge in [0.2, 0.25) is 6.79 Å². The molecule has 2 heterocycles. The second-order valence-corrected chi connectivity index (χ2v) is 12.4. The van der Waals surface area contributed by atoms with Crippen LogP contribution in [0.3, 0.4) is 0 Å². The molecular formula is C31H37ClN2O6S2. The summed E-state index contributed by atoms with van der Waals surface area (Å²) >= 11 is 3.09. The average molecular weight is 633 g/mol. The third-order valence-corrected chi connectivity index (χ3v) is 10.1. The average Bonchev–Trinajstić information content (AvgIpc) is 3.47. The maximum absolute atomic E-state index is 13.8. The molecule has 8 nitrogen and oxygen atoms in total. The summed E-state index contributed by atoms with van der Waals surface area (Å²) in [6.45, 7) is 3.13. The van der Waals surface area contributed by atoms with Crippen LogP contribution in [0.25, 0.3) is 0 Å². The number of hydrogen-bond acceptors (Lipinski definition) is 9. The van der Waals surface area contributed by atoms with E-state index in [1.165, 1.54) is 11.8 Å². The van der Waals surface area contributed by atoms with E-state index in [4.69, 9.17) is 23.7 Å². The fraction of sp³-hybridized carbons (Fsp3) is 0.387. The Bertz CT molecular complexity index is 1380. The Morgan fingerprint density at radius 2 is 1.76 bits per heavy atom. The SMILES string of the molecule is COc1ccc(OCCCCN(C)CCOc2ccc3c(c2)OCO3)c(C2(SC)Sc3ccccc3N(C)C2=O)c1.Cl. The Kier molecular flexibility index (Phi) is 11.1. The number of amides is 1. The van der Waals surface area contributed by atoms with E-state index in [1.807, 2.05) is 67.9 Å². The molecular weight excluding hydrogens is 596 g/mol. The predicted molar refractivity (Wildman–Crippen MR) is 171 cm³/mol. The van der Waals surface area contributed by atoms with E-state index in [-0.39, 0.29) is 25.1 Å².